The Hall–Kier alpha value is -0.130. The molecule has 0 aromatic rings. The van der Waals surface area contributed by atoms with E-state index in [-0.39, 0.29) is 0 Å². The van der Waals surface area contributed by atoms with Crippen LogP contribution in [0.4, 0.5) is 0 Å². The third-order valence-corrected chi connectivity index (χ3v) is 4.26. The molecule has 1 fully saturated rings. The van der Waals surface area contributed by atoms with Gasteiger partial charge in [-0.15, -0.1) is 0 Å². The van der Waals surface area contributed by atoms with Crippen LogP contribution in [0.2, 0.25) is 0 Å². The lowest BCUT2D eigenvalue weighted by molar-refractivity contribution is 0.202. The van der Waals surface area contributed by atoms with E-state index < -0.39 is 10.0 Å². The van der Waals surface area contributed by atoms with Crippen molar-refractivity contribution in [2.75, 3.05) is 26.4 Å². The van der Waals surface area contributed by atoms with Gasteiger partial charge in [0.15, 0.2) is 0 Å². The van der Waals surface area contributed by atoms with Gasteiger partial charge in [0.25, 0.3) is 0 Å². The molecule has 4 nitrogen and oxygen atoms in total. The van der Waals surface area contributed by atoms with Gasteiger partial charge in [-0.1, -0.05) is 0 Å². The van der Waals surface area contributed by atoms with Crippen LogP contribution in [0.25, 0.3) is 0 Å². The minimum atomic E-state index is -2.99. The Morgan fingerprint density at radius 2 is 2.00 bits per heavy atom. The fourth-order valence-corrected chi connectivity index (χ4v) is 2.65. The molecule has 0 bridgehead atoms. The van der Waals surface area contributed by atoms with E-state index in [1.54, 1.807) is 4.31 Å². The van der Waals surface area contributed by atoms with Gasteiger partial charge in [0.2, 0.25) is 10.0 Å². The zero-order valence-electron chi connectivity index (χ0n) is 9.40. The summed E-state index contributed by atoms with van der Waals surface area (Å²) in [5.74, 6) is 0. The molecule has 5 heteroatoms. The Kier molecular flexibility index (Phi) is 3.55. The SMILES string of the molecule is CC(C)N(C)C1CCN(S(C)(=O)=O)C1. The van der Waals surface area contributed by atoms with Crippen LogP contribution in [-0.4, -0.2) is 56.1 Å². The molecule has 0 N–H and O–H groups in total. The number of hydrogen-bond donors (Lipinski definition) is 0. The molecule has 0 aromatic heterocycles. The van der Waals surface area contributed by atoms with Crippen LogP contribution in [0.3, 0.4) is 0 Å². The van der Waals surface area contributed by atoms with Crippen molar-refractivity contribution in [1.29, 1.82) is 0 Å². The van der Waals surface area contributed by atoms with E-state index >= 15 is 0 Å². The van der Waals surface area contributed by atoms with Gasteiger partial charge in [0, 0.05) is 25.2 Å². The van der Waals surface area contributed by atoms with Gasteiger partial charge in [0.05, 0.1) is 6.26 Å². The number of likely N-dealkylation sites (N-methyl/N-ethyl adjacent to an activating group) is 1. The predicted molar refractivity (Wildman–Crippen MR) is 57.7 cm³/mol. The van der Waals surface area contributed by atoms with Crippen LogP contribution in [0.1, 0.15) is 20.3 Å². The van der Waals surface area contributed by atoms with Crippen LogP contribution < -0.4 is 0 Å². The van der Waals surface area contributed by atoms with Gasteiger partial charge in [-0.05, 0) is 27.3 Å². The Balaban J connectivity index is 2.58. The van der Waals surface area contributed by atoms with Gasteiger partial charge in [-0.3, -0.25) is 4.90 Å². The Morgan fingerprint density at radius 1 is 1.43 bits per heavy atom. The van der Waals surface area contributed by atoms with Crippen molar-refractivity contribution < 1.29 is 8.42 Å². The second-order valence-corrected chi connectivity index (χ2v) is 6.31. The van der Waals surface area contributed by atoms with Gasteiger partial charge in [-0.25, -0.2) is 12.7 Å². The minimum absolute atomic E-state index is 0.379. The smallest absolute Gasteiger partial charge is 0.211 e. The highest BCUT2D eigenvalue weighted by Crippen LogP contribution is 2.18. The maximum Gasteiger partial charge on any atom is 0.211 e. The molecule has 84 valence electrons. The Labute approximate surface area is 86.9 Å². The van der Waals surface area contributed by atoms with Gasteiger partial charge in [0.1, 0.15) is 0 Å². The molecule has 0 radical (unpaired) electrons. The van der Waals surface area contributed by atoms with E-state index in [1.165, 1.54) is 6.26 Å². The van der Waals surface area contributed by atoms with Crippen molar-refractivity contribution in [2.24, 2.45) is 0 Å². The largest absolute Gasteiger partial charge is 0.300 e. The van der Waals surface area contributed by atoms with Crippen LogP contribution in [-0.2, 0) is 10.0 Å². The summed E-state index contributed by atoms with van der Waals surface area (Å²) in [6.07, 6.45) is 2.23. The maximum absolute atomic E-state index is 11.3. The molecule has 1 saturated heterocycles. The molecular formula is C9H20N2O2S. The predicted octanol–water partition coefficient (Wildman–Crippen LogP) is 0.361. The summed E-state index contributed by atoms with van der Waals surface area (Å²) in [5.41, 5.74) is 0. The molecule has 1 atom stereocenters. The second-order valence-electron chi connectivity index (χ2n) is 4.32. The molecule has 0 saturated carbocycles. The molecule has 0 aromatic carbocycles. The summed E-state index contributed by atoms with van der Waals surface area (Å²) in [7, 11) is -0.931. The summed E-state index contributed by atoms with van der Waals surface area (Å²) < 4.78 is 24.1. The van der Waals surface area contributed by atoms with Crippen LogP contribution in [0.5, 0.6) is 0 Å². The summed E-state index contributed by atoms with van der Waals surface area (Å²) in [6.45, 7) is 5.57. The van der Waals surface area contributed by atoms with Crippen molar-refractivity contribution in [1.82, 2.24) is 9.21 Å². The fraction of sp³-hybridized carbons (Fsp3) is 1.00. The van der Waals surface area contributed by atoms with E-state index in [0.29, 0.717) is 25.2 Å². The van der Waals surface area contributed by atoms with Gasteiger partial charge < -0.3 is 0 Å². The van der Waals surface area contributed by atoms with Gasteiger partial charge >= 0.3 is 0 Å². The van der Waals surface area contributed by atoms with E-state index in [0.717, 1.165) is 6.42 Å². The van der Waals surface area contributed by atoms with Gasteiger partial charge in [-0.2, -0.15) is 0 Å². The first-order valence-electron chi connectivity index (χ1n) is 4.99. The summed E-state index contributed by atoms with van der Waals surface area (Å²) in [4.78, 5) is 2.24. The first-order chi connectivity index (χ1) is 6.32. The molecule has 1 aliphatic heterocycles. The molecule has 0 aliphatic carbocycles. The monoisotopic (exact) mass is 220 g/mol. The molecule has 1 aliphatic rings. The Bertz CT molecular complexity index is 287. The second kappa shape index (κ2) is 4.16. The van der Waals surface area contributed by atoms with E-state index in [2.05, 4.69) is 25.8 Å². The standard InChI is InChI=1S/C9H20N2O2S/c1-8(2)10(3)9-5-6-11(7-9)14(4,12)13/h8-9H,5-7H2,1-4H3. The van der Waals surface area contributed by atoms with Crippen LogP contribution in [0.15, 0.2) is 0 Å². The molecule has 1 unspecified atom stereocenters. The van der Waals surface area contributed by atoms with Crippen molar-refractivity contribution >= 4 is 10.0 Å². The van der Waals surface area contributed by atoms with Crippen molar-refractivity contribution in [3.05, 3.63) is 0 Å². The molecule has 0 amide bonds. The molecular weight excluding hydrogens is 200 g/mol. The van der Waals surface area contributed by atoms with E-state index in [9.17, 15) is 8.42 Å². The quantitative estimate of drug-likeness (QED) is 0.689. The lowest BCUT2D eigenvalue weighted by Crippen LogP contribution is -2.39. The minimum Gasteiger partial charge on any atom is -0.300 e. The topological polar surface area (TPSA) is 40.6 Å². The lowest BCUT2D eigenvalue weighted by atomic mass is 10.2. The lowest BCUT2D eigenvalue weighted by Gasteiger charge is -2.27. The normalized spacial score (nSPS) is 25.1. The Morgan fingerprint density at radius 3 is 2.36 bits per heavy atom. The molecule has 14 heavy (non-hydrogen) atoms. The zero-order valence-corrected chi connectivity index (χ0v) is 10.2. The molecule has 0 spiro atoms. The average molecular weight is 220 g/mol. The van der Waals surface area contributed by atoms with E-state index in [4.69, 9.17) is 0 Å². The van der Waals surface area contributed by atoms with Crippen molar-refractivity contribution in [2.45, 2.75) is 32.4 Å². The average Bonchev–Trinajstić information content (AvgIpc) is 2.49. The number of sulfonamides is 1. The van der Waals surface area contributed by atoms with Crippen LogP contribution in [0, 0.1) is 0 Å². The molecule has 1 heterocycles. The number of rotatable bonds is 3. The number of hydrogen-bond acceptors (Lipinski definition) is 3. The van der Waals surface area contributed by atoms with E-state index in [1.807, 2.05) is 0 Å². The highest BCUT2D eigenvalue weighted by atomic mass is 32.2. The number of nitrogens with zero attached hydrogens (tertiary/aromatic N) is 2. The van der Waals surface area contributed by atoms with Crippen molar-refractivity contribution in [3.8, 4) is 0 Å². The molecule has 1 rings (SSSR count). The van der Waals surface area contributed by atoms with Crippen molar-refractivity contribution in [3.63, 3.8) is 0 Å². The first kappa shape index (κ1) is 11.9. The zero-order chi connectivity index (χ0) is 10.9. The highest BCUT2D eigenvalue weighted by Gasteiger charge is 2.31. The third-order valence-electron chi connectivity index (χ3n) is 2.99. The highest BCUT2D eigenvalue weighted by molar-refractivity contribution is 7.88. The van der Waals surface area contributed by atoms with Crippen LogP contribution >= 0.6 is 0 Å². The summed E-state index contributed by atoms with van der Waals surface area (Å²) in [5, 5.41) is 0. The summed E-state index contributed by atoms with van der Waals surface area (Å²) >= 11 is 0. The summed E-state index contributed by atoms with van der Waals surface area (Å²) in [6, 6.07) is 0.851. The third kappa shape index (κ3) is 2.68. The first-order valence-corrected chi connectivity index (χ1v) is 6.84. The maximum atomic E-state index is 11.3. The fourth-order valence-electron chi connectivity index (χ4n) is 1.77.